The van der Waals surface area contributed by atoms with E-state index in [4.69, 9.17) is 9.72 Å². The van der Waals surface area contributed by atoms with Crippen molar-refractivity contribution in [2.24, 2.45) is 0 Å². The Balaban J connectivity index is 1.51. The highest BCUT2D eigenvalue weighted by molar-refractivity contribution is 5.95. The number of para-hydroxylation sites is 2. The van der Waals surface area contributed by atoms with Crippen molar-refractivity contribution in [2.45, 2.75) is 33.9 Å². The monoisotopic (exact) mass is 413 g/mol. The van der Waals surface area contributed by atoms with Crippen LogP contribution in [0.5, 0.6) is 5.75 Å². The number of carbonyl (C=O) groups excluding carboxylic acids is 1. The molecule has 0 saturated carbocycles. The highest BCUT2D eigenvalue weighted by atomic mass is 16.5. The van der Waals surface area contributed by atoms with Gasteiger partial charge in [0, 0.05) is 5.56 Å². The Hall–Kier alpha value is -3.60. The number of nitrogens with one attached hydrogen (secondary N) is 1. The lowest BCUT2D eigenvalue weighted by atomic mass is 10.1. The van der Waals surface area contributed by atoms with E-state index in [2.05, 4.69) is 35.0 Å². The summed E-state index contributed by atoms with van der Waals surface area (Å²) < 4.78 is 8.19. The molecule has 3 aromatic carbocycles. The maximum Gasteiger partial charge on any atom is 0.251 e. The maximum atomic E-state index is 12.7. The van der Waals surface area contributed by atoms with Crippen molar-refractivity contribution in [3.63, 3.8) is 0 Å². The number of benzene rings is 3. The van der Waals surface area contributed by atoms with Crippen molar-refractivity contribution < 1.29 is 9.53 Å². The lowest BCUT2D eigenvalue weighted by Gasteiger charge is -2.13. The molecule has 5 nitrogen and oxygen atoms in total. The van der Waals surface area contributed by atoms with Crippen molar-refractivity contribution in [3.8, 4) is 5.75 Å². The van der Waals surface area contributed by atoms with E-state index in [1.807, 2.05) is 62.4 Å². The lowest BCUT2D eigenvalue weighted by Crippen LogP contribution is -2.26. The molecule has 0 aliphatic rings. The summed E-state index contributed by atoms with van der Waals surface area (Å²) in [6.45, 7) is 7.56. The molecule has 0 aliphatic carbocycles. The summed E-state index contributed by atoms with van der Waals surface area (Å²) in [6, 6.07) is 21.8. The third kappa shape index (κ3) is 4.61. The van der Waals surface area contributed by atoms with Crippen molar-refractivity contribution >= 4 is 16.9 Å². The van der Waals surface area contributed by atoms with E-state index >= 15 is 0 Å². The third-order valence-corrected chi connectivity index (χ3v) is 5.45. The van der Waals surface area contributed by atoms with Gasteiger partial charge in [0.2, 0.25) is 0 Å². The smallest absolute Gasteiger partial charge is 0.251 e. The summed E-state index contributed by atoms with van der Waals surface area (Å²) in [5.74, 6) is 1.62. The van der Waals surface area contributed by atoms with Crippen LogP contribution >= 0.6 is 0 Å². The van der Waals surface area contributed by atoms with Gasteiger partial charge in [-0.05, 0) is 61.7 Å². The Morgan fingerprint density at radius 2 is 1.74 bits per heavy atom. The number of rotatable bonds is 7. The highest BCUT2D eigenvalue weighted by Crippen LogP contribution is 2.20. The molecule has 5 heteroatoms. The van der Waals surface area contributed by atoms with Crippen LogP contribution < -0.4 is 10.1 Å². The Kier molecular flexibility index (Phi) is 6.03. The first kappa shape index (κ1) is 20.7. The first-order chi connectivity index (χ1) is 15.0. The predicted octanol–water partition coefficient (Wildman–Crippen LogP) is 4.97. The minimum atomic E-state index is -0.0941. The Morgan fingerprint density at radius 3 is 2.58 bits per heavy atom. The quantitative estimate of drug-likeness (QED) is 0.465. The average Bonchev–Trinajstić information content (AvgIpc) is 3.12. The number of hydrogen-bond donors (Lipinski definition) is 1. The van der Waals surface area contributed by atoms with Gasteiger partial charge in [-0.25, -0.2) is 4.98 Å². The minimum Gasteiger partial charge on any atom is -0.491 e. The summed E-state index contributed by atoms with van der Waals surface area (Å²) in [4.78, 5) is 17.4. The maximum absolute atomic E-state index is 12.7. The number of fused-ring (bicyclic) bond motifs is 1. The Bertz CT molecular complexity index is 1230. The second kappa shape index (κ2) is 9.04. The zero-order valence-electron chi connectivity index (χ0n) is 18.2. The highest BCUT2D eigenvalue weighted by Gasteiger charge is 2.13. The van der Waals surface area contributed by atoms with E-state index in [0.29, 0.717) is 25.3 Å². The fourth-order valence-corrected chi connectivity index (χ4v) is 3.70. The number of nitrogens with zero attached hydrogens (tertiary/aromatic N) is 2. The molecular formula is C26H27N3O2. The standard InChI is InChI=1S/C26H27N3O2/c1-18-12-13-20(3)24(16-18)31-15-14-29-23-11-7-6-10-22(23)28-25(29)17-27-26(30)21-9-5-4-8-19(21)2/h4-13,16H,14-15,17H2,1-3H3,(H,27,30). The molecule has 0 saturated heterocycles. The summed E-state index contributed by atoms with van der Waals surface area (Å²) >= 11 is 0. The minimum absolute atomic E-state index is 0.0941. The number of amides is 1. The van der Waals surface area contributed by atoms with Gasteiger partial charge in [0.15, 0.2) is 0 Å². The van der Waals surface area contributed by atoms with Gasteiger partial charge >= 0.3 is 0 Å². The molecule has 0 atom stereocenters. The van der Waals surface area contributed by atoms with Gasteiger partial charge in [-0.2, -0.15) is 0 Å². The number of ether oxygens (including phenoxy) is 1. The molecule has 1 aromatic heterocycles. The van der Waals surface area contributed by atoms with Crippen LogP contribution in [0.4, 0.5) is 0 Å². The van der Waals surface area contributed by atoms with E-state index in [1.54, 1.807) is 0 Å². The summed E-state index contributed by atoms with van der Waals surface area (Å²) in [7, 11) is 0. The zero-order valence-corrected chi connectivity index (χ0v) is 18.2. The molecule has 31 heavy (non-hydrogen) atoms. The molecular weight excluding hydrogens is 386 g/mol. The largest absolute Gasteiger partial charge is 0.491 e. The molecule has 0 spiro atoms. The van der Waals surface area contributed by atoms with Crippen LogP contribution in [-0.2, 0) is 13.1 Å². The van der Waals surface area contributed by atoms with Gasteiger partial charge in [0.1, 0.15) is 18.2 Å². The van der Waals surface area contributed by atoms with E-state index in [-0.39, 0.29) is 5.91 Å². The van der Waals surface area contributed by atoms with Gasteiger partial charge in [-0.1, -0.05) is 42.5 Å². The molecule has 0 bridgehead atoms. The molecule has 4 rings (SSSR count). The van der Waals surface area contributed by atoms with Crippen LogP contribution in [-0.4, -0.2) is 22.1 Å². The van der Waals surface area contributed by atoms with Crippen LogP contribution in [0.25, 0.3) is 11.0 Å². The predicted molar refractivity (Wildman–Crippen MR) is 123 cm³/mol. The summed E-state index contributed by atoms with van der Waals surface area (Å²) in [5, 5.41) is 3.02. The fourth-order valence-electron chi connectivity index (χ4n) is 3.70. The fraction of sp³-hybridized carbons (Fsp3) is 0.231. The summed E-state index contributed by atoms with van der Waals surface area (Å²) in [6.07, 6.45) is 0. The van der Waals surface area contributed by atoms with Crippen molar-refractivity contribution in [1.29, 1.82) is 0 Å². The first-order valence-electron chi connectivity index (χ1n) is 10.5. The number of imidazole rings is 1. The van der Waals surface area contributed by atoms with Crippen LogP contribution in [0.2, 0.25) is 0 Å². The summed E-state index contributed by atoms with van der Waals surface area (Å²) in [5.41, 5.74) is 5.88. The lowest BCUT2D eigenvalue weighted by molar-refractivity contribution is 0.0949. The van der Waals surface area contributed by atoms with Gasteiger partial charge in [-0.3, -0.25) is 4.79 Å². The van der Waals surface area contributed by atoms with E-state index in [1.165, 1.54) is 5.56 Å². The molecule has 0 fully saturated rings. The molecule has 0 aliphatic heterocycles. The second-order valence-electron chi connectivity index (χ2n) is 7.78. The van der Waals surface area contributed by atoms with E-state index in [9.17, 15) is 4.79 Å². The van der Waals surface area contributed by atoms with Crippen molar-refractivity contribution in [2.75, 3.05) is 6.61 Å². The van der Waals surface area contributed by atoms with Crippen LogP contribution in [0.3, 0.4) is 0 Å². The second-order valence-corrected chi connectivity index (χ2v) is 7.78. The normalized spacial score (nSPS) is 10.9. The molecule has 0 unspecified atom stereocenters. The van der Waals surface area contributed by atoms with Gasteiger partial charge in [-0.15, -0.1) is 0 Å². The zero-order chi connectivity index (χ0) is 21.8. The Morgan fingerprint density at radius 1 is 0.968 bits per heavy atom. The average molecular weight is 414 g/mol. The van der Waals surface area contributed by atoms with Crippen LogP contribution in [0.1, 0.15) is 32.9 Å². The molecule has 4 aromatic rings. The van der Waals surface area contributed by atoms with E-state index < -0.39 is 0 Å². The first-order valence-corrected chi connectivity index (χ1v) is 10.5. The number of hydrogen-bond acceptors (Lipinski definition) is 3. The van der Waals surface area contributed by atoms with Crippen molar-refractivity contribution in [3.05, 3.63) is 94.8 Å². The molecule has 0 radical (unpaired) electrons. The van der Waals surface area contributed by atoms with Crippen LogP contribution in [0.15, 0.2) is 66.7 Å². The number of aryl methyl sites for hydroxylation is 3. The number of aromatic nitrogens is 2. The van der Waals surface area contributed by atoms with Crippen LogP contribution in [0, 0.1) is 20.8 Å². The SMILES string of the molecule is Cc1ccc(C)c(OCCn2c(CNC(=O)c3ccccc3C)nc3ccccc32)c1. The molecule has 1 N–H and O–H groups in total. The number of carbonyl (C=O) groups is 1. The van der Waals surface area contributed by atoms with Crippen molar-refractivity contribution in [1.82, 2.24) is 14.9 Å². The Labute approximate surface area is 182 Å². The van der Waals surface area contributed by atoms with Gasteiger partial charge < -0.3 is 14.6 Å². The topological polar surface area (TPSA) is 56.1 Å². The molecule has 1 amide bonds. The molecule has 158 valence electrons. The van der Waals surface area contributed by atoms with Gasteiger partial charge in [0.25, 0.3) is 5.91 Å². The third-order valence-electron chi connectivity index (χ3n) is 5.45. The van der Waals surface area contributed by atoms with Gasteiger partial charge in [0.05, 0.1) is 24.1 Å². The van der Waals surface area contributed by atoms with E-state index in [0.717, 1.165) is 33.7 Å². The molecule has 1 heterocycles.